The Balaban J connectivity index is 0.000000462. The third kappa shape index (κ3) is 7.30. The van der Waals surface area contributed by atoms with E-state index in [0.717, 1.165) is 43.4 Å². The number of quaternary nitrogens is 1. The maximum atomic E-state index is 9.08. The second-order valence-corrected chi connectivity index (χ2v) is 7.10. The molecule has 140 valence electrons. The average molecular weight is 392 g/mol. The number of nitrogens with two attached hydrogens (primary N) is 1. The minimum atomic E-state index is -3.92. The van der Waals surface area contributed by atoms with E-state index in [-0.39, 0.29) is 12.4 Å². The Morgan fingerprint density at radius 3 is 2.72 bits per heavy atom. The number of hydrogen-bond acceptors (Lipinski definition) is 6. The molecule has 3 rings (SSSR count). The lowest BCUT2D eigenvalue weighted by molar-refractivity contribution is -0.725. The highest BCUT2D eigenvalue weighted by Crippen LogP contribution is 2.32. The van der Waals surface area contributed by atoms with E-state index in [9.17, 15) is 0 Å². The molecule has 2 heterocycles. The summed E-state index contributed by atoms with van der Waals surface area (Å²) in [6.45, 7) is 3.62. The SMILES string of the molecule is CS(=O)(=O)[O-].C[NH+]1C=C[N+](CCN2CCOc3cc(N)ccc32)=C1.Cl. The fourth-order valence-electron chi connectivity index (χ4n) is 2.46. The monoisotopic (exact) mass is 391 g/mol. The van der Waals surface area contributed by atoms with Gasteiger partial charge in [0, 0.05) is 18.0 Å². The summed E-state index contributed by atoms with van der Waals surface area (Å²) in [5.41, 5.74) is 7.69. The Bertz CT molecular complexity index is 744. The molecule has 10 heteroatoms. The summed E-state index contributed by atoms with van der Waals surface area (Å²) in [6.07, 6.45) is 7.03. The Kier molecular flexibility index (Phi) is 7.68. The number of halogens is 1. The Labute approximate surface area is 154 Å². The van der Waals surface area contributed by atoms with Crippen LogP contribution in [0.2, 0.25) is 0 Å². The fourth-order valence-corrected chi connectivity index (χ4v) is 2.46. The van der Waals surface area contributed by atoms with Crippen molar-refractivity contribution in [3.63, 3.8) is 0 Å². The van der Waals surface area contributed by atoms with Crippen molar-refractivity contribution in [1.29, 1.82) is 0 Å². The summed E-state index contributed by atoms with van der Waals surface area (Å²) in [6, 6.07) is 5.88. The summed E-state index contributed by atoms with van der Waals surface area (Å²) in [5, 5.41) is 0. The molecule has 0 aliphatic carbocycles. The lowest BCUT2D eigenvalue weighted by Gasteiger charge is -2.30. The van der Waals surface area contributed by atoms with Gasteiger partial charge in [-0.2, -0.15) is 4.58 Å². The Morgan fingerprint density at radius 1 is 1.44 bits per heavy atom. The van der Waals surface area contributed by atoms with Crippen LogP contribution in [0.5, 0.6) is 5.75 Å². The van der Waals surface area contributed by atoms with E-state index in [1.54, 1.807) is 0 Å². The van der Waals surface area contributed by atoms with Gasteiger partial charge >= 0.3 is 6.34 Å². The van der Waals surface area contributed by atoms with Gasteiger partial charge in [0.05, 0.1) is 35.9 Å². The molecule has 3 N–H and O–H groups in total. The van der Waals surface area contributed by atoms with Crippen LogP contribution in [0.25, 0.3) is 0 Å². The standard InChI is InChI=1S/C14H19N4O.CH4O3S.ClH/c1-16-4-5-17(11-16)6-7-18-8-9-19-14-10-12(15)2-3-13(14)18;1-5(2,3)4;/h2-5,10-11H,6-9,15H2,1H3;1H3,(H,2,3,4);1H/q+1;;. The molecule has 1 unspecified atom stereocenters. The molecule has 2 aliphatic rings. The highest BCUT2D eigenvalue weighted by Gasteiger charge is 2.21. The molecule has 1 aromatic rings. The van der Waals surface area contributed by atoms with Gasteiger partial charge in [-0.05, 0) is 12.1 Å². The summed E-state index contributed by atoms with van der Waals surface area (Å²) in [7, 11) is -1.80. The van der Waals surface area contributed by atoms with E-state index in [1.807, 2.05) is 18.2 Å². The van der Waals surface area contributed by atoms with Crippen molar-refractivity contribution in [2.45, 2.75) is 0 Å². The predicted molar refractivity (Wildman–Crippen MR) is 98.6 cm³/mol. The van der Waals surface area contributed by atoms with Crippen molar-refractivity contribution < 1.29 is 27.2 Å². The smallest absolute Gasteiger partial charge is 0.335 e. The normalized spacial score (nSPS) is 18.3. The van der Waals surface area contributed by atoms with Crippen LogP contribution in [0.15, 0.2) is 30.6 Å². The number of ether oxygens (including phenoxy) is 1. The molecule has 1 atom stereocenters. The number of benzene rings is 1. The van der Waals surface area contributed by atoms with Gasteiger partial charge in [-0.25, -0.2) is 13.3 Å². The molecule has 0 saturated carbocycles. The molecule has 0 saturated heterocycles. The topological polar surface area (TPSA) is 103 Å². The second-order valence-electron chi connectivity index (χ2n) is 5.69. The molecular formula is C15H24ClN4O4S+. The van der Waals surface area contributed by atoms with Gasteiger partial charge in [-0.1, -0.05) is 0 Å². The molecule has 0 spiro atoms. The Hall–Kier alpha value is -1.81. The second kappa shape index (κ2) is 9.04. The number of hydrogen-bond donors (Lipinski definition) is 2. The Morgan fingerprint density at radius 2 is 2.12 bits per heavy atom. The fraction of sp³-hybridized carbons (Fsp3) is 0.400. The highest BCUT2D eigenvalue weighted by molar-refractivity contribution is 7.84. The first-order chi connectivity index (χ1) is 11.2. The van der Waals surface area contributed by atoms with Crippen molar-refractivity contribution >= 4 is 40.2 Å². The number of anilines is 2. The van der Waals surface area contributed by atoms with Crippen molar-refractivity contribution in [2.75, 3.05) is 50.2 Å². The quantitative estimate of drug-likeness (QED) is 0.393. The van der Waals surface area contributed by atoms with Gasteiger partial charge in [0.2, 0.25) is 6.20 Å². The molecule has 0 aromatic heterocycles. The average Bonchev–Trinajstić information content (AvgIpc) is 2.88. The van der Waals surface area contributed by atoms with E-state index < -0.39 is 10.1 Å². The first-order valence-corrected chi connectivity index (χ1v) is 9.34. The highest BCUT2D eigenvalue weighted by atomic mass is 35.5. The zero-order valence-electron chi connectivity index (χ0n) is 14.2. The van der Waals surface area contributed by atoms with Gasteiger partial charge in [0.1, 0.15) is 12.4 Å². The van der Waals surface area contributed by atoms with Crippen LogP contribution in [0.1, 0.15) is 0 Å². The molecule has 1 aromatic carbocycles. The lowest BCUT2D eigenvalue weighted by atomic mass is 10.2. The van der Waals surface area contributed by atoms with Gasteiger partial charge < -0.3 is 19.9 Å². The minimum absolute atomic E-state index is 0. The van der Waals surface area contributed by atoms with Gasteiger partial charge in [-0.15, -0.1) is 12.4 Å². The van der Waals surface area contributed by atoms with Crippen LogP contribution in [0.4, 0.5) is 11.4 Å². The van der Waals surface area contributed by atoms with E-state index >= 15 is 0 Å². The molecule has 8 nitrogen and oxygen atoms in total. The number of fused-ring (bicyclic) bond motifs is 1. The molecule has 2 aliphatic heterocycles. The number of nitrogens with one attached hydrogen (secondary N) is 1. The zero-order chi connectivity index (χ0) is 17.7. The van der Waals surface area contributed by atoms with Gasteiger partial charge in [0.25, 0.3) is 0 Å². The van der Waals surface area contributed by atoms with E-state index in [1.165, 1.54) is 4.90 Å². The van der Waals surface area contributed by atoms with Crippen LogP contribution in [-0.2, 0) is 10.1 Å². The first-order valence-electron chi connectivity index (χ1n) is 7.53. The van der Waals surface area contributed by atoms with E-state index in [2.05, 4.69) is 35.3 Å². The third-order valence-electron chi connectivity index (χ3n) is 3.47. The van der Waals surface area contributed by atoms with E-state index in [0.29, 0.717) is 6.26 Å². The van der Waals surface area contributed by atoms with Crippen molar-refractivity contribution in [1.82, 2.24) is 0 Å². The summed E-state index contributed by atoms with van der Waals surface area (Å²) in [4.78, 5) is 3.66. The summed E-state index contributed by atoms with van der Waals surface area (Å²) in [5.74, 6) is 0.898. The third-order valence-corrected chi connectivity index (χ3v) is 3.47. The first kappa shape index (κ1) is 21.2. The maximum absolute atomic E-state index is 9.08. The number of nitrogens with zero attached hydrogens (tertiary/aromatic N) is 2. The maximum Gasteiger partial charge on any atom is 0.335 e. The van der Waals surface area contributed by atoms with Crippen LogP contribution in [0.3, 0.4) is 0 Å². The number of nitrogen functional groups attached to an aromatic ring is 1. The van der Waals surface area contributed by atoms with Crippen LogP contribution in [0, 0.1) is 0 Å². The zero-order valence-corrected chi connectivity index (χ0v) is 15.8. The van der Waals surface area contributed by atoms with Crippen LogP contribution in [-0.4, -0.2) is 63.4 Å². The van der Waals surface area contributed by atoms with E-state index in [4.69, 9.17) is 23.4 Å². The summed E-state index contributed by atoms with van der Waals surface area (Å²) >= 11 is 0. The van der Waals surface area contributed by atoms with Gasteiger partial charge in [-0.3, -0.25) is 0 Å². The molecule has 0 fully saturated rings. The molecule has 0 radical (unpaired) electrons. The molecule has 0 amide bonds. The minimum Gasteiger partial charge on any atom is -0.748 e. The van der Waals surface area contributed by atoms with Crippen molar-refractivity contribution in [2.24, 2.45) is 0 Å². The van der Waals surface area contributed by atoms with Crippen LogP contribution < -0.4 is 20.3 Å². The number of rotatable bonds is 3. The van der Waals surface area contributed by atoms with Gasteiger partial charge in [0.15, 0.2) is 12.7 Å². The lowest BCUT2D eigenvalue weighted by Crippen LogP contribution is -3.02. The predicted octanol–water partition coefficient (Wildman–Crippen LogP) is -0.909. The van der Waals surface area contributed by atoms with Crippen LogP contribution >= 0.6 is 12.4 Å². The van der Waals surface area contributed by atoms with Crippen molar-refractivity contribution in [3.8, 4) is 5.75 Å². The molecule has 25 heavy (non-hydrogen) atoms. The van der Waals surface area contributed by atoms with Crippen molar-refractivity contribution in [3.05, 3.63) is 30.6 Å². The largest absolute Gasteiger partial charge is 0.748 e. The molecular weight excluding hydrogens is 368 g/mol. The molecule has 0 bridgehead atoms. The summed E-state index contributed by atoms with van der Waals surface area (Å²) < 4.78 is 35.1.